The van der Waals surface area contributed by atoms with Gasteiger partial charge in [0.1, 0.15) is 24.1 Å². The predicted molar refractivity (Wildman–Crippen MR) is 114 cm³/mol. The predicted octanol–water partition coefficient (Wildman–Crippen LogP) is 0.228. The number of hydrazine groups is 1. The van der Waals surface area contributed by atoms with Crippen molar-refractivity contribution in [2.24, 2.45) is 10.9 Å². The number of nitrogens with zero attached hydrogens (tertiary/aromatic N) is 2. The molecule has 10 nitrogen and oxygen atoms in total. The summed E-state index contributed by atoms with van der Waals surface area (Å²) in [5, 5.41) is 6.66. The molecule has 5 N–H and O–H groups in total. The second-order valence-corrected chi connectivity index (χ2v) is 6.33. The minimum absolute atomic E-state index is 0.0639. The molecule has 160 valence electrons. The molecule has 1 heterocycles. The van der Waals surface area contributed by atoms with Crippen molar-refractivity contribution in [3.63, 3.8) is 0 Å². The number of nitrogens with two attached hydrogens (primary N) is 1. The highest BCUT2D eigenvalue weighted by molar-refractivity contribution is 6.39. The van der Waals surface area contributed by atoms with Crippen molar-refractivity contribution >= 4 is 29.1 Å². The lowest BCUT2D eigenvalue weighted by Gasteiger charge is -2.21. The molecule has 0 unspecified atom stereocenters. The van der Waals surface area contributed by atoms with Gasteiger partial charge in [0.25, 0.3) is 17.7 Å². The first kappa shape index (κ1) is 22.6. The topological polar surface area (TPSA) is 138 Å². The molecule has 1 aliphatic rings. The van der Waals surface area contributed by atoms with E-state index in [-0.39, 0.29) is 30.2 Å². The van der Waals surface area contributed by atoms with Gasteiger partial charge in [-0.1, -0.05) is 24.3 Å². The highest BCUT2D eigenvalue weighted by Crippen LogP contribution is 2.31. The molecule has 1 aliphatic heterocycles. The van der Waals surface area contributed by atoms with Crippen LogP contribution in [0.5, 0.6) is 5.75 Å². The van der Waals surface area contributed by atoms with Crippen LogP contribution in [0.2, 0.25) is 0 Å². The zero-order valence-corrected chi connectivity index (χ0v) is 17.1. The van der Waals surface area contributed by atoms with Crippen LogP contribution in [-0.2, 0) is 9.59 Å². The van der Waals surface area contributed by atoms with E-state index in [0.29, 0.717) is 11.4 Å². The third-order valence-corrected chi connectivity index (χ3v) is 4.31. The number of carbonyl (C=O) groups is 3. The van der Waals surface area contributed by atoms with Crippen LogP contribution in [0.15, 0.2) is 47.6 Å². The summed E-state index contributed by atoms with van der Waals surface area (Å²) < 4.78 is 5.71. The van der Waals surface area contributed by atoms with Crippen LogP contribution in [-0.4, -0.2) is 50.2 Å². The highest BCUT2D eigenvalue weighted by atomic mass is 16.5. The summed E-state index contributed by atoms with van der Waals surface area (Å²) in [5.74, 6) is 4.21. The van der Waals surface area contributed by atoms with E-state index in [1.54, 1.807) is 32.3 Å². The number of benzene rings is 1. The Labute approximate surface area is 174 Å². The largest absolute Gasteiger partial charge is 0.489 e. The Kier molecular flexibility index (Phi) is 8.12. The Balaban J connectivity index is 2.17. The quantitative estimate of drug-likeness (QED) is 0.166. The third kappa shape index (κ3) is 5.45. The van der Waals surface area contributed by atoms with Gasteiger partial charge >= 0.3 is 0 Å². The summed E-state index contributed by atoms with van der Waals surface area (Å²) in [6.07, 6.45) is 7.57. The first-order valence-corrected chi connectivity index (χ1v) is 9.30. The third-order valence-electron chi connectivity index (χ3n) is 4.31. The van der Waals surface area contributed by atoms with Crippen molar-refractivity contribution in [1.82, 2.24) is 16.2 Å². The minimum Gasteiger partial charge on any atom is -0.489 e. The SMILES string of the molecule is C/C=C\C=C/C/C(=N\NC)C(=O)N[C@H]1COc2ccc(C(=O)NN)cc2N(C)C1=O. The first-order valence-electron chi connectivity index (χ1n) is 9.30. The number of hydrogen-bond donors (Lipinski definition) is 4. The number of hydrazone groups is 1. The number of fused-ring (bicyclic) bond motifs is 1. The summed E-state index contributed by atoms with van der Waals surface area (Å²) in [4.78, 5) is 38.7. The van der Waals surface area contributed by atoms with Crippen LogP contribution >= 0.6 is 0 Å². The molecule has 1 aromatic rings. The Morgan fingerprint density at radius 1 is 1.37 bits per heavy atom. The Hall–Kier alpha value is -3.66. The van der Waals surface area contributed by atoms with E-state index in [2.05, 4.69) is 15.8 Å². The van der Waals surface area contributed by atoms with Crippen LogP contribution in [0.1, 0.15) is 23.7 Å². The van der Waals surface area contributed by atoms with Gasteiger partial charge in [0.2, 0.25) is 0 Å². The molecule has 3 amide bonds. The summed E-state index contributed by atoms with van der Waals surface area (Å²) in [6, 6.07) is 3.68. The second kappa shape index (κ2) is 10.8. The maximum atomic E-state index is 12.9. The number of nitrogen functional groups attached to an aromatic ring is 1. The molecule has 0 saturated heterocycles. The molecule has 10 heteroatoms. The molecule has 0 aromatic heterocycles. The molecule has 0 aliphatic carbocycles. The summed E-state index contributed by atoms with van der Waals surface area (Å²) in [6.45, 7) is 1.82. The molecule has 0 spiro atoms. The van der Waals surface area contributed by atoms with Gasteiger partial charge in [-0.25, -0.2) is 5.84 Å². The molecule has 0 saturated carbocycles. The Morgan fingerprint density at radius 3 is 2.80 bits per heavy atom. The number of carbonyl (C=O) groups excluding carboxylic acids is 3. The van der Waals surface area contributed by atoms with Crippen molar-refractivity contribution in [1.29, 1.82) is 0 Å². The number of hydrogen-bond acceptors (Lipinski definition) is 7. The van der Waals surface area contributed by atoms with Gasteiger partial charge < -0.3 is 20.4 Å². The lowest BCUT2D eigenvalue weighted by atomic mass is 10.1. The van der Waals surface area contributed by atoms with Gasteiger partial charge in [0.05, 0.1) is 5.69 Å². The van der Waals surface area contributed by atoms with Gasteiger partial charge in [0, 0.05) is 26.1 Å². The van der Waals surface area contributed by atoms with Gasteiger partial charge in [-0.3, -0.25) is 19.8 Å². The molecular weight excluding hydrogens is 388 g/mol. The minimum atomic E-state index is -0.928. The fourth-order valence-corrected chi connectivity index (χ4v) is 2.76. The molecule has 30 heavy (non-hydrogen) atoms. The van der Waals surface area contributed by atoms with E-state index < -0.39 is 17.9 Å². The zero-order valence-electron chi connectivity index (χ0n) is 17.1. The monoisotopic (exact) mass is 414 g/mol. The Bertz CT molecular complexity index is 893. The Morgan fingerprint density at radius 2 is 2.13 bits per heavy atom. The van der Waals surface area contributed by atoms with Gasteiger partial charge in [0.15, 0.2) is 0 Å². The van der Waals surface area contributed by atoms with Gasteiger partial charge in [-0.2, -0.15) is 5.10 Å². The van der Waals surface area contributed by atoms with E-state index >= 15 is 0 Å². The number of likely N-dealkylation sites (N-methyl/N-ethyl adjacent to an activating group) is 1. The fourth-order valence-electron chi connectivity index (χ4n) is 2.76. The lowest BCUT2D eigenvalue weighted by Crippen LogP contribution is -2.51. The van der Waals surface area contributed by atoms with Crippen molar-refractivity contribution < 1.29 is 19.1 Å². The molecule has 0 bridgehead atoms. The van der Waals surface area contributed by atoms with Crippen LogP contribution in [0.25, 0.3) is 0 Å². The number of amides is 3. The van der Waals surface area contributed by atoms with Crippen LogP contribution in [0.3, 0.4) is 0 Å². The smallest absolute Gasteiger partial charge is 0.268 e. The molecule has 1 atom stereocenters. The first-order chi connectivity index (χ1) is 14.4. The number of nitrogens with one attached hydrogen (secondary N) is 3. The number of anilines is 1. The second-order valence-electron chi connectivity index (χ2n) is 6.33. The van der Waals surface area contributed by atoms with Gasteiger partial charge in [-0.15, -0.1) is 0 Å². The van der Waals surface area contributed by atoms with Crippen molar-refractivity contribution in [2.75, 3.05) is 25.6 Å². The standard InChI is InChI=1S/C20H26N6O4/c1-4-5-6-7-8-14(25-22-2)19(28)23-15-12-30-17-10-9-13(18(27)24-21)11-16(17)26(3)20(15)29/h4-7,9-11,15,22H,8,12,21H2,1-3H3,(H,23,28)(H,24,27)/b5-4-,7-6-,25-14+/t15-/m0/s1. The van der Waals surface area contributed by atoms with Crippen LogP contribution in [0.4, 0.5) is 5.69 Å². The van der Waals surface area contributed by atoms with Crippen molar-refractivity contribution in [3.05, 3.63) is 48.1 Å². The number of allylic oxidation sites excluding steroid dienone is 4. The number of rotatable bonds is 7. The van der Waals surface area contributed by atoms with Crippen molar-refractivity contribution in [2.45, 2.75) is 19.4 Å². The highest BCUT2D eigenvalue weighted by Gasteiger charge is 2.31. The average Bonchev–Trinajstić information content (AvgIpc) is 2.87. The summed E-state index contributed by atoms with van der Waals surface area (Å²) >= 11 is 0. The van der Waals surface area contributed by atoms with E-state index in [9.17, 15) is 14.4 Å². The van der Waals surface area contributed by atoms with E-state index in [1.165, 1.54) is 17.0 Å². The van der Waals surface area contributed by atoms with Crippen LogP contribution in [0, 0.1) is 0 Å². The molecular formula is C20H26N6O4. The molecule has 0 fully saturated rings. The van der Waals surface area contributed by atoms with Gasteiger partial charge in [-0.05, 0) is 25.1 Å². The maximum Gasteiger partial charge on any atom is 0.268 e. The van der Waals surface area contributed by atoms with E-state index in [1.807, 2.05) is 24.5 Å². The zero-order chi connectivity index (χ0) is 22.1. The lowest BCUT2D eigenvalue weighted by molar-refractivity contribution is -0.124. The fraction of sp³-hybridized carbons (Fsp3) is 0.300. The molecule has 2 rings (SSSR count). The molecule has 0 radical (unpaired) electrons. The summed E-state index contributed by atoms with van der Waals surface area (Å²) in [5.41, 5.74) is 5.54. The van der Waals surface area contributed by atoms with E-state index in [4.69, 9.17) is 10.6 Å². The number of ether oxygens (including phenoxy) is 1. The summed E-state index contributed by atoms with van der Waals surface area (Å²) in [7, 11) is 3.13. The van der Waals surface area contributed by atoms with Crippen LogP contribution < -0.4 is 31.6 Å². The van der Waals surface area contributed by atoms with Crippen molar-refractivity contribution in [3.8, 4) is 5.75 Å². The molecule has 1 aromatic carbocycles. The normalized spacial score (nSPS) is 16.8. The average molecular weight is 414 g/mol. The maximum absolute atomic E-state index is 12.9. The van der Waals surface area contributed by atoms with E-state index in [0.717, 1.165) is 0 Å².